The molecule has 2 rings (SSSR count). The van der Waals surface area contributed by atoms with Crippen LogP contribution in [0.1, 0.15) is 30.1 Å². The fourth-order valence-electron chi connectivity index (χ4n) is 2.14. The third kappa shape index (κ3) is 3.07. The summed E-state index contributed by atoms with van der Waals surface area (Å²) in [5.41, 5.74) is 5.39. The molecule has 0 saturated carbocycles. The molecule has 1 aliphatic rings. The van der Waals surface area contributed by atoms with E-state index in [1.807, 2.05) is 0 Å². The molecular weight excluding hydrogens is 263 g/mol. The zero-order chi connectivity index (χ0) is 14.7. The Morgan fingerprint density at radius 1 is 1.35 bits per heavy atom. The lowest BCUT2D eigenvalue weighted by Gasteiger charge is -2.20. The third-order valence-electron chi connectivity index (χ3n) is 3.28. The number of carbonyl (C=O) groups is 2. The predicted octanol–water partition coefficient (Wildman–Crippen LogP) is 1.58. The van der Waals surface area contributed by atoms with Crippen molar-refractivity contribution in [2.24, 2.45) is 0 Å². The second kappa shape index (κ2) is 5.90. The number of nitrogens with two attached hydrogens (primary N) is 1. The lowest BCUT2D eigenvalue weighted by molar-refractivity contribution is -0.138. The molecule has 1 atom stereocenters. The third-order valence-corrected chi connectivity index (χ3v) is 3.28. The highest BCUT2D eigenvalue weighted by molar-refractivity contribution is 5.93. The molecule has 1 unspecified atom stereocenters. The van der Waals surface area contributed by atoms with E-state index in [0.29, 0.717) is 13.1 Å². The lowest BCUT2D eigenvalue weighted by atomic mass is 10.2. The molecule has 20 heavy (non-hydrogen) atoms. The van der Waals surface area contributed by atoms with Crippen LogP contribution in [0.25, 0.3) is 0 Å². The summed E-state index contributed by atoms with van der Waals surface area (Å²) in [4.78, 5) is 25.5. The summed E-state index contributed by atoms with van der Waals surface area (Å²) in [6, 6.07) is 3.57. The van der Waals surface area contributed by atoms with Gasteiger partial charge >= 0.3 is 5.97 Å². The van der Waals surface area contributed by atoms with E-state index in [0.717, 1.165) is 18.9 Å². The van der Waals surface area contributed by atoms with E-state index in [-0.39, 0.29) is 17.2 Å². The van der Waals surface area contributed by atoms with Gasteiger partial charge in [0.25, 0.3) is 5.91 Å². The normalized spacial score (nSPS) is 16.0. The van der Waals surface area contributed by atoms with Crippen LogP contribution < -0.4 is 5.73 Å². The molecule has 5 nitrogen and oxygen atoms in total. The molecular formula is C14H17FN2O3. The van der Waals surface area contributed by atoms with E-state index in [4.69, 9.17) is 10.5 Å². The minimum atomic E-state index is -0.855. The van der Waals surface area contributed by atoms with Crippen molar-refractivity contribution < 1.29 is 18.7 Å². The summed E-state index contributed by atoms with van der Waals surface area (Å²) in [5, 5.41) is 0. The van der Waals surface area contributed by atoms with E-state index in [9.17, 15) is 14.0 Å². The molecule has 6 heteroatoms. The number of nitrogens with zero attached hydrogens (tertiary/aromatic N) is 1. The van der Waals surface area contributed by atoms with Gasteiger partial charge in [-0.05, 0) is 38.0 Å². The zero-order valence-electron chi connectivity index (χ0n) is 11.3. The molecule has 1 aromatic carbocycles. The van der Waals surface area contributed by atoms with Gasteiger partial charge in [0, 0.05) is 13.1 Å². The Morgan fingerprint density at radius 3 is 2.60 bits per heavy atom. The van der Waals surface area contributed by atoms with Crippen molar-refractivity contribution >= 4 is 17.6 Å². The maximum atomic E-state index is 13.0. The molecule has 0 radical (unpaired) electrons. The summed E-state index contributed by atoms with van der Waals surface area (Å²) in [6.45, 7) is 2.93. The second-order valence-electron chi connectivity index (χ2n) is 4.82. The smallest absolute Gasteiger partial charge is 0.338 e. The first-order valence-electron chi connectivity index (χ1n) is 6.54. The van der Waals surface area contributed by atoms with Crippen LogP contribution in [0.3, 0.4) is 0 Å². The quantitative estimate of drug-likeness (QED) is 0.674. The van der Waals surface area contributed by atoms with Crippen LogP contribution in [0.15, 0.2) is 18.2 Å². The van der Waals surface area contributed by atoms with Crippen LogP contribution in [0.5, 0.6) is 0 Å². The fourth-order valence-corrected chi connectivity index (χ4v) is 2.14. The summed E-state index contributed by atoms with van der Waals surface area (Å²) in [6.07, 6.45) is 1.09. The van der Waals surface area contributed by atoms with Gasteiger partial charge in [0.1, 0.15) is 5.82 Å². The molecule has 1 saturated heterocycles. The van der Waals surface area contributed by atoms with Crippen LogP contribution in [0, 0.1) is 5.82 Å². The minimum Gasteiger partial charge on any atom is -0.449 e. The number of hydrogen-bond donors (Lipinski definition) is 1. The number of amides is 1. The average molecular weight is 280 g/mol. The molecule has 0 aromatic heterocycles. The van der Waals surface area contributed by atoms with Gasteiger partial charge in [0.15, 0.2) is 6.10 Å². The highest BCUT2D eigenvalue weighted by atomic mass is 19.1. The Bertz CT molecular complexity index is 527. The first-order chi connectivity index (χ1) is 9.49. The number of ether oxygens (including phenoxy) is 1. The number of carbonyl (C=O) groups excluding carboxylic acids is 2. The van der Waals surface area contributed by atoms with E-state index < -0.39 is 17.9 Å². The number of hydrogen-bond acceptors (Lipinski definition) is 4. The molecule has 1 aliphatic heterocycles. The second-order valence-corrected chi connectivity index (χ2v) is 4.82. The van der Waals surface area contributed by atoms with Gasteiger partial charge in [-0.3, -0.25) is 4.79 Å². The lowest BCUT2D eigenvalue weighted by Crippen LogP contribution is -2.38. The number of benzene rings is 1. The summed E-state index contributed by atoms with van der Waals surface area (Å²) in [7, 11) is 0. The SMILES string of the molecule is CC(OC(=O)c1ccc(F)c(N)c1)C(=O)N1CCCC1. The van der Waals surface area contributed by atoms with E-state index in [1.165, 1.54) is 19.1 Å². The Hall–Kier alpha value is -2.11. The fraction of sp³-hybridized carbons (Fsp3) is 0.429. The van der Waals surface area contributed by atoms with Crippen molar-refractivity contribution in [3.63, 3.8) is 0 Å². The zero-order valence-corrected chi connectivity index (χ0v) is 11.3. The Kier molecular flexibility index (Phi) is 4.22. The molecule has 0 spiro atoms. The number of likely N-dealkylation sites (tertiary alicyclic amines) is 1. The Labute approximate surface area is 116 Å². The maximum Gasteiger partial charge on any atom is 0.338 e. The number of halogens is 1. The molecule has 0 bridgehead atoms. The summed E-state index contributed by atoms with van der Waals surface area (Å²) < 4.78 is 18.1. The topological polar surface area (TPSA) is 72.6 Å². The average Bonchev–Trinajstić information content (AvgIpc) is 2.94. The molecule has 1 fully saturated rings. The number of nitrogen functional groups attached to an aromatic ring is 1. The first-order valence-corrected chi connectivity index (χ1v) is 6.54. The predicted molar refractivity (Wildman–Crippen MR) is 71.5 cm³/mol. The molecule has 0 aliphatic carbocycles. The van der Waals surface area contributed by atoms with Crippen molar-refractivity contribution in [2.45, 2.75) is 25.9 Å². The molecule has 1 aromatic rings. The van der Waals surface area contributed by atoms with Gasteiger partial charge < -0.3 is 15.4 Å². The molecule has 1 amide bonds. The highest BCUT2D eigenvalue weighted by Crippen LogP contribution is 2.15. The van der Waals surface area contributed by atoms with Crippen molar-refractivity contribution in [3.05, 3.63) is 29.6 Å². The van der Waals surface area contributed by atoms with Crippen LogP contribution in [-0.2, 0) is 9.53 Å². The monoisotopic (exact) mass is 280 g/mol. The van der Waals surface area contributed by atoms with Crippen LogP contribution in [0.4, 0.5) is 10.1 Å². The highest BCUT2D eigenvalue weighted by Gasteiger charge is 2.26. The molecule has 108 valence electrons. The van der Waals surface area contributed by atoms with E-state index in [2.05, 4.69) is 0 Å². The van der Waals surface area contributed by atoms with Gasteiger partial charge in [-0.1, -0.05) is 0 Å². The van der Waals surface area contributed by atoms with Gasteiger partial charge in [-0.25, -0.2) is 9.18 Å². The van der Waals surface area contributed by atoms with Gasteiger partial charge in [-0.2, -0.15) is 0 Å². The number of rotatable bonds is 3. The van der Waals surface area contributed by atoms with Gasteiger partial charge in [0.2, 0.25) is 0 Å². The minimum absolute atomic E-state index is 0.127. The largest absolute Gasteiger partial charge is 0.449 e. The first kappa shape index (κ1) is 14.3. The van der Waals surface area contributed by atoms with Gasteiger partial charge in [0.05, 0.1) is 11.3 Å². The van der Waals surface area contributed by atoms with Crippen molar-refractivity contribution in [1.29, 1.82) is 0 Å². The van der Waals surface area contributed by atoms with Crippen LogP contribution in [0.2, 0.25) is 0 Å². The Morgan fingerprint density at radius 2 is 2.00 bits per heavy atom. The molecule has 1 heterocycles. The summed E-state index contributed by atoms with van der Waals surface area (Å²) in [5.74, 6) is -1.48. The van der Waals surface area contributed by atoms with E-state index in [1.54, 1.807) is 4.90 Å². The van der Waals surface area contributed by atoms with Crippen LogP contribution >= 0.6 is 0 Å². The standard InChI is InChI=1S/C14H17FN2O3/c1-9(13(18)17-6-2-3-7-17)20-14(19)10-4-5-11(15)12(16)8-10/h4-5,8-9H,2-3,6-7,16H2,1H3. The maximum absolute atomic E-state index is 13.0. The summed E-state index contributed by atoms with van der Waals surface area (Å²) >= 11 is 0. The Balaban J connectivity index is 1.99. The number of anilines is 1. The van der Waals surface area contributed by atoms with Crippen molar-refractivity contribution in [2.75, 3.05) is 18.8 Å². The van der Waals surface area contributed by atoms with E-state index >= 15 is 0 Å². The van der Waals surface area contributed by atoms with Crippen molar-refractivity contribution in [1.82, 2.24) is 4.90 Å². The number of esters is 1. The van der Waals surface area contributed by atoms with Crippen LogP contribution in [-0.4, -0.2) is 36.0 Å². The molecule has 2 N–H and O–H groups in total. The van der Waals surface area contributed by atoms with Gasteiger partial charge in [-0.15, -0.1) is 0 Å². The van der Waals surface area contributed by atoms with Crippen molar-refractivity contribution in [3.8, 4) is 0 Å².